The molecule has 11 nitrogen and oxygen atoms in total. The number of halogens is 3. The van der Waals surface area contributed by atoms with E-state index in [0.717, 1.165) is 31.1 Å². The first kappa shape index (κ1) is 34.1. The highest BCUT2D eigenvalue weighted by Crippen LogP contribution is 2.34. The number of anilines is 2. The van der Waals surface area contributed by atoms with Gasteiger partial charge in [-0.05, 0) is 55.4 Å². The van der Waals surface area contributed by atoms with Crippen molar-refractivity contribution in [1.29, 1.82) is 0 Å². The number of hydrogen-bond donors (Lipinski definition) is 4. The lowest BCUT2D eigenvalue weighted by atomic mass is 10.1. The van der Waals surface area contributed by atoms with Gasteiger partial charge in [0, 0.05) is 17.8 Å². The number of carboxylic acids is 1. The fourth-order valence-electron chi connectivity index (χ4n) is 3.93. The van der Waals surface area contributed by atoms with Gasteiger partial charge >= 0.3 is 12.1 Å². The number of carboxylic acid groups (broad SMARTS) is 1. The molecule has 1 aromatic heterocycles. The molecule has 2 amide bonds. The van der Waals surface area contributed by atoms with Gasteiger partial charge in [-0.3, -0.25) is 14.4 Å². The van der Waals surface area contributed by atoms with Crippen molar-refractivity contribution in [3.8, 4) is 11.5 Å². The van der Waals surface area contributed by atoms with Gasteiger partial charge in [0.25, 0.3) is 11.8 Å². The zero-order chi connectivity index (χ0) is 33.1. The van der Waals surface area contributed by atoms with E-state index in [1.807, 2.05) is 24.3 Å². The minimum absolute atomic E-state index is 0.135. The summed E-state index contributed by atoms with van der Waals surface area (Å²) in [5.74, 6) is -3.49. The van der Waals surface area contributed by atoms with Crippen LogP contribution >= 0.6 is 0 Å². The summed E-state index contributed by atoms with van der Waals surface area (Å²) in [6.07, 6.45) is -4.21. The van der Waals surface area contributed by atoms with Crippen molar-refractivity contribution in [3.05, 3.63) is 93.8 Å². The van der Waals surface area contributed by atoms with Gasteiger partial charge in [0.1, 0.15) is 5.58 Å². The van der Waals surface area contributed by atoms with E-state index in [1.54, 1.807) is 24.3 Å². The fraction of sp³-hybridized carbons (Fsp3) is 0.226. The minimum Gasteiger partial charge on any atom is -0.493 e. The molecule has 4 N–H and O–H groups in total. The molecule has 0 saturated heterocycles. The minimum atomic E-state index is -5.08. The molecule has 0 radical (unpaired) electrons. The zero-order valence-electron chi connectivity index (χ0n) is 24.4. The highest BCUT2D eigenvalue weighted by Gasteiger charge is 2.38. The summed E-state index contributed by atoms with van der Waals surface area (Å²) in [7, 11) is 2.90. The Hall–Kier alpha value is -5.37. The van der Waals surface area contributed by atoms with Crippen LogP contribution in [0.15, 0.2) is 75.9 Å². The number of ether oxygens (including phenoxy) is 2. The lowest BCUT2D eigenvalue weighted by Crippen LogP contribution is -2.21. The molecular formula is C31H30F3N3O8. The monoisotopic (exact) mass is 629 g/mol. The van der Waals surface area contributed by atoms with Crippen LogP contribution in [0.1, 0.15) is 33.4 Å². The van der Waals surface area contributed by atoms with E-state index < -0.39 is 24.0 Å². The molecular weight excluding hydrogens is 599 g/mol. The van der Waals surface area contributed by atoms with E-state index in [2.05, 4.69) is 22.9 Å². The van der Waals surface area contributed by atoms with Crippen LogP contribution in [0.3, 0.4) is 0 Å². The summed E-state index contributed by atoms with van der Waals surface area (Å²) >= 11 is 0. The maximum absolute atomic E-state index is 13.3. The standard InChI is InChI=1S/C29H29N3O6.C2HF3O2/c1-4-30-14-13-18-9-11-19(12-10-18)31-28(34)21-15-25(36-2)26(37-3)16-22(21)32-29(35)27-17-23(33)20-7-5-6-8-24(20)38-27;3-2(4,5)1(6)7/h5-12,15-17,30H,4,13-14H2,1-3H3,(H,31,34)(H,32,35);(H,6,7). The van der Waals surface area contributed by atoms with Crippen LogP contribution in [0.5, 0.6) is 11.5 Å². The van der Waals surface area contributed by atoms with Crippen LogP contribution in [-0.4, -0.2) is 56.4 Å². The number of para-hydroxylation sites is 1. The number of aliphatic carboxylic acids is 1. The molecule has 3 aromatic carbocycles. The predicted molar refractivity (Wildman–Crippen MR) is 160 cm³/mol. The Morgan fingerprint density at radius 1 is 0.889 bits per heavy atom. The molecule has 0 spiro atoms. The van der Waals surface area contributed by atoms with E-state index >= 15 is 0 Å². The van der Waals surface area contributed by atoms with Gasteiger partial charge in [0.15, 0.2) is 22.7 Å². The van der Waals surface area contributed by atoms with Crippen LogP contribution in [0, 0.1) is 0 Å². The highest BCUT2D eigenvalue weighted by atomic mass is 19.4. The Morgan fingerprint density at radius 3 is 2.11 bits per heavy atom. The molecule has 0 aliphatic rings. The average Bonchev–Trinajstić information content (AvgIpc) is 3.01. The fourth-order valence-corrected chi connectivity index (χ4v) is 3.93. The number of rotatable bonds is 10. The van der Waals surface area contributed by atoms with E-state index in [0.29, 0.717) is 22.6 Å². The molecule has 0 bridgehead atoms. The molecule has 4 rings (SSSR count). The van der Waals surface area contributed by atoms with E-state index in [9.17, 15) is 27.6 Å². The summed E-state index contributed by atoms with van der Waals surface area (Å²) < 4.78 is 48.1. The SMILES string of the molecule is CCNCCc1ccc(NC(=O)c2cc(OC)c(OC)cc2NC(=O)c2cc(=O)c3ccccc3o2)cc1.O=C(O)C(F)(F)F. The molecule has 45 heavy (non-hydrogen) atoms. The van der Waals surface area contributed by atoms with Crippen molar-refractivity contribution in [2.24, 2.45) is 0 Å². The predicted octanol–water partition coefficient (Wildman–Crippen LogP) is 5.10. The molecule has 1 heterocycles. The molecule has 0 aliphatic carbocycles. The number of carbonyl (C=O) groups excluding carboxylic acids is 2. The third-order valence-corrected chi connectivity index (χ3v) is 6.17. The van der Waals surface area contributed by atoms with Gasteiger partial charge in [-0.15, -0.1) is 0 Å². The molecule has 0 aliphatic heterocycles. The summed E-state index contributed by atoms with van der Waals surface area (Å²) in [5, 5.41) is 16.3. The Kier molecular flexibility index (Phi) is 11.7. The van der Waals surface area contributed by atoms with Gasteiger partial charge in [0.2, 0.25) is 0 Å². The Morgan fingerprint density at radius 2 is 1.51 bits per heavy atom. The first-order valence-corrected chi connectivity index (χ1v) is 13.4. The second-order valence-corrected chi connectivity index (χ2v) is 9.24. The summed E-state index contributed by atoms with van der Waals surface area (Å²) in [6, 6.07) is 18.3. The molecule has 0 saturated carbocycles. The molecule has 14 heteroatoms. The van der Waals surface area contributed by atoms with Crippen molar-refractivity contribution in [1.82, 2.24) is 5.32 Å². The van der Waals surface area contributed by atoms with Crippen molar-refractivity contribution in [3.63, 3.8) is 0 Å². The summed E-state index contributed by atoms with van der Waals surface area (Å²) in [4.78, 5) is 47.8. The van der Waals surface area contributed by atoms with Gasteiger partial charge in [-0.2, -0.15) is 13.2 Å². The molecule has 238 valence electrons. The van der Waals surface area contributed by atoms with E-state index in [-0.39, 0.29) is 28.0 Å². The zero-order valence-corrected chi connectivity index (χ0v) is 24.4. The lowest BCUT2D eigenvalue weighted by Gasteiger charge is -2.16. The average molecular weight is 630 g/mol. The number of hydrogen-bond acceptors (Lipinski definition) is 8. The Bertz CT molecular complexity index is 1720. The van der Waals surface area contributed by atoms with Crippen molar-refractivity contribution in [2.75, 3.05) is 37.9 Å². The number of likely N-dealkylation sites (N-methyl/N-ethyl adjacent to an activating group) is 1. The number of carbonyl (C=O) groups is 3. The molecule has 0 unspecified atom stereocenters. The van der Waals surface area contributed by atoms with Crippen LogP contribution in [-0.2, 0) is 11.2 Å². The Balaban J connectivity index is 0.000000707. The maximum Gasteiger partial charge on any atom is 0.490 e. The second kappa shape index (κ2) is 15.4. The second-order valence-electron chi connectivity index (χ2n) is 9.24. The number of methoxy groups -OCH3 is 2. The van der Waals surface area contributed by atoms with Crippen LogP contribution in [0.25, 0.3) is 11.0 Å². The summed E-state index contributed by atoms with van der Waals surface area (Å²) in [6.45, 7) is 3.83. The normalized spacial score (nSPS) is 10.8. The smallest absolute Gasteiger partial charge is 0.490 e. The van der Waals surface area contributed by atoms with E-state index in [1.165, 1.54) is 26.4 Å². The van der Waals surface area contributed by atoms with Crippen molar-refractivity contribution in [2.45, 2.75) is 19.5 Å². The highest BCUT2D eigenvalue weighted by molar-refractivity contribution is 6.12. The van der Waals surface area contributed by atoms with Gasteiger partial charge in [-0.25, -0.2) is 4.79 Å². The number of fused-ring (bicyclic) bond motifs is 1. The number of benzene rings is 3. The van der Waals surface area contributed by atoms with Crippen LogP contribution in [0.4, 0.5) is 24.5 Å². The lowest BCUT2D eigenvalue weighted by molar-refractivity contribution is -0.192. The number of alkyl halides is 3. The topological polar surface area (TPSA) is 156 Å². The third kappa shape index (κ3) is 9.31. The maximum atomic E-state index is 13.3. The largest absolute Gasteiger partial charge is 0.493 e. The van der Waals surface area contributed by atoms with Gasteiger partial charge < -0.3 is 34.9 Å². The van der Waals surface area contributed by atoms with Gasteiger partial charge in [0.05, 0.1) is 30.9 Å². The quantitative estimate of drug-likeness (QED) is 0.175. The number of amides is 2. The molecule has 0 fully saturated rings. The van der Waals surface area contributed by atoms with Crippen molar-refractivity contribution < 1.29 is 46.6 Å². The van der Waals surface area contributed by atoms with Crippen LogP contribution in [0.2, 0.25) is 0 Å². The first-order valence-electron chi connectivity index (χ1n) is 13.4. The van der Waals surface area contributed by atoms with E-state index in [4.69, 9.17) is 23.8 Å². The van der Waals surface area contributed by atoms with Crippen LogP contribution < -0.4 is 30.9 Å². The summed E-state index contributed by atoms with van der Waals surface area (Å²) in [5.41, 5.74) is 1.95. The molecule has 4 aromatic rings. The number of nitrogens with one attached hydrogen (secondary N) is 3. The first-order chi connectivity index (χ1) is 21.4. The van der Waals surface area contributed by atoms with Crippen molar-refractivity contribution >= 4 is 40.1 Å². The molecule has 0 atom stereocenters. The van der Waals surface area contributed by atoms with Gasteiger partial charge in [-0.1, -0.05) is 31.2 Å². The Labute approximate surface area is 255 Å². The third-order valence-electron chi connectivity index (χ3n) is 6.17.